The van der Waals surface area contributed by atoms with Gasteiger partial charge in [0.15, 0.2) is 0 Å². The number of nitrogens with one attached hydrogen (secondary N) is 1. The minimum absolute atomic E-state index is 0.00905. The third kappa shape index (κ3) is 3.14. The van der Waals surface area contributed by atoms with Crippen molar-refractivity contribution in [1.82, 2.24) is 10.3 Å². The third-order valence-corrected chi connectivity index (χ3v) is 2.11. The number of amides is 1. The predicted octanol–water partition coefficient (Wildman–Crippen LogP) is 1.95. The second kappa shape index (κ2) is 5.14. The molecule has 1 N–H and O–H groups in total. The highest BCUT2D eigenvalue weighted by Crippen LogP contribution is 2.11. The van der Waals surface area contributed by atoms with Crippen LogP contribution in [0.4, 0.5) is 0 Å². The van der Waals surface area contributed by atoms with Gasteiger partial charge in [0.1, 0.15) is 11.8 Å². The molecule has 0 spiro atoms. The van der Waals surface area contributed by atoms with Crippen LogP contribution >= 0.6 is 15.9 Å². The van der Waals surface area contributed by atoms with Crippen LogP contribution in [0.25, 0.3) is 0 Å². The van der Waals surface area contributed by atoms with Gasteiger partial charge in [-0.1, -0.05) is 15.9 Å². The lowest BCUT2D eigenvalue weighted by molar-refractivity contribution is -0.121. The Labute approximate surface area is 91.2 Å². The van der Waals surface area contributed by atoms with E-state index >= 15 is 0 Å². The number of carbonyl (C=O) groups excluding carboxylic acids is 1. The molecule has 0 radical (unpaired) electrons. The number of halogens is 1. The smallest absolute Gasteiger partial charge is 0.221 e. The first kappa shape index (κ1) is 11.2. The highest BCUT2D eigenvalue weighted by atomic mass is 79.9. The van der Waals surface area contributed by atoms with E-state index in [0.29, 0.717) is 17.6 Å². The topological polar surface area (TPSA) is 55.1 Å². The quantitative estimate of drug-likeness (QED) is 0.843. The average Bonchev–Trinajstić information content (AvgIpc) is 2.52. The van der Waals surface area contributed by atoms with Crippen molar-refractivity contribution < 1.29 is 9.21 Å². The number of carbonyl (C=O) groups is 1. The van der Waals surface area contributed by atoms with E-state index in [9.17, 15) is 4.79 Å². The fraction of sp³-hybridized carbons (Fsp3) is 0.556. The number of hydrogen-bond acceptors (Lipinski definition) is 3. The van der Waals surface area contributed by atoms with Gasteiger partial charge in [-0.15, -0.1) is 0 Å². The number of rotatable bonds is 4. The van der Waals surface area contributed by atoms with Crippen LogP contribution < -0.4 is 5.32 Å². The van der Waals surface area contributed by atoms with Gasteiger partial charge in [0.2, 0.25) is 11.8 Å². The molecular formula is C9H13BrN2O2. The largest absolute Gasteiger partial charge is 0.444 e. The monoisotopic (exact) mass is 260 g/mol. The molecule has 4 nitrogen and oxygen atoms in total. The van der Waals surface area contributed by atoms with E-state index in [-0.39, 0.29) is 11.9 Å². The first-order valence-corrected chi connectivity index (χ1v) is 5.53. The van der Waals surface area contributed by atoms with Gasteiger partial charge in [-0.25, -0.2) is 4.98 Å². The molecule has 0 aliphatic rings. The van der Waals surface area contributed by atoms with Gasteiger partial charge in [-0.3, -0.25) is 4.79 Å². The second-order valence-corrected chi connectivity index (χ2v) is 3.83. The summed E-state index contributed by atoms with van der Waals surface area (Å²) in [6.07, 6.45) is 2.10. The summed E-state index contributed by atoms with van der Waals surface area (Å²) in [4.78, 5) is 15.3. The minimum atomic E-state index is -0.171. The van der Waals surface area contributed by atoms with Crippen molar-refractivity contribution in [2.45, 2.75) is 26.3 Å². The van der Waals surface area contributed by atoms with E-state index < -0.39 is 0 Å². The van der Waals surface area contributed by atoms with Crippen LogP contribution in [-0.2, 0) is 4.79 Å². The molecule has 0 aliphatic carbocycles. The zero-order valence-corrected chi connectivity index (χ0v) is 9.80. The number of hydrogen-bond donors (Lipinski definition) is 1. The highest BCUT2D eigenvalue weighted by molar-refractivity contribution is 9.09. The molecular weight excluding hydrogens is 248 g/mol. The molecule has 1 amide bonds. The zero-order chi connectivity index (χ0) is 10.6. The Kier molecular flexibility index (Phi) is 4.13. The first-order chi connectivity index (χ1) is 6.63. The Morgan fingerprint density at radius 1 is 1.79 bits per heavy atom. The summed E-state index contributed by atoms with van der Waals surface area (Å²) in [6, 6.07) is -0.171. The average molecular weight is 261 g/mol. The van der Waals surface area contributed by atoms with Crippen LogP contribution in [0.2, 0.25) is 0 Å². The summed E-state index contributed by atoms with van der Waals surface area (Å²) in [5.74, 6) is 1.29. The van der Waals surface area contributed by atoms with E-state index in [0.717, 1.165) is 5.76 Å². The number of aryl methyl sites for hydroxylation is 1. The van der Waals surface area contributed by atoms with E-state index in [2.05, 4.69) is 26.2 Å². The maximum Gasteiger partial charge on any atom is 0.221 e. The number of nitrogens with zero attached hydrogens (tertiary/aromatic N) is 1. The Morgan fingerprint density at radius 3 is 3.00 bits per heavy atom. The molecule has 1 aromatic rings. The number of alkyl halides is 1. The number of oxazole rings is 1. The summed E-state index contributed by atoms with van der Waals surface area (Å²) < 4.78 is 5.29. The molecule has 1 atom stereocenters. The molecule has 0 aliphatic heterocycles. The maximum absolute atomic E-state index is 11.2. The molecule has 0 saturated heterocycles. The van der Waals surface area contributed by atoms with Gasteiger partial charge in [-0.2, -0.15) is 0 Å². The van der Waals surface area contributed by atoms with Crippen molar-refractivity contribution in [3.8, 4) is 0 Å². The van der Waals surface area contributed by atoms with Crippen LogP contribution in [0.15, 0.2) is 10.6 Å². The summed E-state index contributed by atoms with van der Waals surface area (Å²) in [7, 11) is 0. The molecule has 1 rings (SSSR count). The molecule has 14 heavy (non-hydrogen) atoms. The molecule has 1 heterocycles. The van der Waals surface area contributed by atoms with Gasteiger partial charge in [0.05, 0.1) is 6.20 Å². The zero-order valence-electron chi connectivity index (χ0n) is 8.21. The lowest BCUT2D eigenvalue weighted by atomic mass is 10.3. The van der Waals surface area contributed by atoms with E-state index in [1.807, 2.05) is 13.8 Å². The molecule has 0 bridgehead atoms. The van der Waals surface area contributed by atoms with Crippen LogP contribution in [0.5, 0.6) is 0 Å². The van der Waals surface area contributed by atoms with Crippen LogP contribution in [0, 0.1) is 6.92 Å². The molecule has 0 fully saturated rings. The van der Waals surface area contributed by atoms with E-state index in [1.165, 1.54) is 0 Å². The normalized spacial score (nSPS) is 12.5. The predicted molar refractivity (Wildman–Crippen MR) is 56.2 cm³/mol. The molecule has 1 aromatic heterocycles. The minimum Gasteiger partial charge on any atom is -0.444 e. The van der Waals surface area contributed by atoms with Gasteiger partial charge < -0.3 is 9.73 Å². The van der Waals surface area contributed by atoms with Crippen molar-refractivity contribution in [2.24, 2.45) is 0 Å². The Balaban J connectivity index is 2.50. The standard InChI is InChI=1S/C9H13BrN2O2/c1-6-5-11-9(14-6)7(2)12-8(13)3-4-10/h5,7H,3-4H2,1-2H3,(H,12,13). The molecule has 5 heteroatoms. The Morgan fingerprint density at radius 2 is 2.50 bits per heavy atom. The van der Waals surface area contributed by atoms with Crippen LogP contribution in [0.3, 0.4) is 0 Å². The van der Waals surface area contributed by atoms with Crippen molar-refractivity contribution >= 4 is 21.8 Å². The van der Waals surface area contributed by atoms with Crippen LogP contribution in [0.1, 0.15) is 31.0 Å². The summed E-state index contributed by atoms with van der Waals surface area (Å²) >= 11 is 3.20. The van der Waals surface area contributed by atoms with Gasteiger partial charge >= 0.3 is 0 Å². The van der Waals surface area contributed by atoms with Crippen molar-refractivity contribution in [1.29, 1.82) is 0 Å². The lowest BCUT2D eigenvalue weighted by Gasteiger charge is -2.09. The van der Waals surface area contributed by atoms with Gasteiger partial charge in [0, 0.05) is 11.8 Å². The van der Waals surface area contributed by atoms with E-state index in [4.69, 9.17) is 4.42 Å². The molecule has 0 saturated carbocycles. The fourth-order valence-corrected chi connectivity index (χ4v) is 1.39. The lowest BCUT2D eigenvalue weighted by Crippen LogP contribution is -2.26. The molecule has 0 aromatic carbocycles. The summed E-state index contributed by atoms with van der Waals surface area (Å²) in [5, 5.41) is 3.45. The van der Waals surface area contributed by atoms with Gasteiger partial charge in [-0.05, 0) is 13.8 Å². The van der Waals surface area contributed by atoms with Gasteiger partial charge in [0.25, 0.3) is 0 Å². The molecule has 78 valence electrons. The Bertz CT molecular complexity index is 312. The first-order valence-electron chi connectivity index (χ1n) is 4.41. The number of aromatic nitrogens is 1. The summed E-state index contributed by atoms with van der Waals surface area (Å²) in [6.45, 7) is 3.67. The summed E-state index contributed by atoms with van der Waals surface area (Å²) in [5.41, 5.74) is 0. The van der Waals surface area contributed by atoms with Crippen molar-refractivity contribution in [2.75, 3.05) is 5.33 Å². The fourth-order valence-electron chi connectivity index (χ4n) is 1.03. The Hall–Kier alpha value is -0.840. The second-order valence-electron chi connectivity index (χ2n) is 3.04. The molecule has 1 unspecified atom stereocenters. The van der Waals surface area contributed by atoms with Crippen molar-refractivity contribution in [3.05, 3.63) is 17.8 Å². The van der Waals surface area contributed by atoms with E-state index in [1.54, 1.807) is 6.20 Å². The highest BCUT2D eigenvalue weighted by Gasteiger charge is 2.13. The SMILES string of the molecule is Cc1cnc(C(C)NC(=O)CCBr)o1. The maximum atomic E-state index is 11.2. The van der Waals surface area contributed by atoms with Crippen molar-refractivity contribution in [3.63, 3.8) is 0 Å². The van der Waals surface area contributed by atoms with Crippen LogP contribution in [-0.4, -0.2) is 16.2 Å². The third-order valence-electron chi connectivity index (χ3n) is 1.71.